The fourth-order valence-corrected chi connectivity index (χ4v) is 9.63. The van der Waals surface area contributed by atoms with E-state index in [0.717, 1.165) is 77.6 Å². The fraction of sp³-hybridized carbons (Fsp3) is 0.0526. The van der Waals surface area contributed by atoms with Crippen molar-refractivity contribution in [2.75, 3.05) is 4.90 Å². The summed E-state index contributed by atoms with van der Waals surface area (Å²) in [6, 6.07) is 72.0. The number of nitrogens with zero attached hydrogens (tertiary/aromatic N) is 1. The summed E-state index contributed by atoms with van der Waals surface area (Å²) < 4.78 is 12.8. The third kappa shape index (κ3) is 5.36. The Kier molecular flexibility index (Phi) is 7.58. The molecule has 0 fully saturated rings. The Hall–Kier alpha value is -7.62. The van der Waals surface area contributed by atoms with Crippen molar-refractivity contribution in [3.63, 3.8) is 0 Å². The number of hydrogen-bond donors (Lipinski definition) is 0. The molecule has 2 heterocycles. The van der Waals surface area contributed by atoms with Crippen LogP contribution in [-0.4, -0.2) is 0 Å². The predicted octanol–water partition coefficient (Wildman–Crippen LogP) is 16.3. The molecule has 0 spiro atoms. The van der Waals surface area contributed by atoms with Crippen LogP contribution in [0.15, 0.2) is 209 Å². The first kappa shape index (κ1) is 34.4. The van der Waals surface area contributed by atoms with E-state index in [9.17, 15) is 0 Å². The Morgan fingerprint density at radius 3 is 1.75 bits per heavy atom. The molecule has 0 aliphatic heterocycles. The Morgan fingerprint density at radius 1 is 0.350 bits per heavy atom. The highest BCUT2D eigenvalue weighted by Crippen LogP contribution is 2.52. The van der Waals surface area contributed by atoms with Crippen LogP contribution in [0, 0.1) is 0 Å². The first-order valence-electron chi connectivity index (χ1n) is 20.7. The highest BCUT2D eigenvalue weighted by atomic mass is 16.3. The smallest absolute Gasteiger partial charge is 0.137 e. The van der Waals surface area contributed by atoms with Crippen LogP contribution in [0.4, 0.5) is 17.1 Å². The van der Waals surface area contributed by atoms with Gasteiger partial charge in [-0.15, -0.1) is 0 Å². The highest BCUT2D eigenvalue weighted by molar-refractivity contribution is 6.14. The maximum Gasteiger partial charge on any atom is 0.137 e. The van der Waals surface area contributed by atoms with E-state index in [-0.39, 0.29) is 5.41 Å². The predicted molar refractivity (Wildman–Crippen MR) is 250 cm³/mol. The lowest BCUT2D eigenvalue weighted by molar-refractivity contribution is 0.660. The second kappa shape index (κ2) is 13.2. The summed E-state index contributed by atoms with van der Waals surface area (Å²) >= 11 is 0. The van der Waals surface area contributed by atoms with E-state index in [1.807, 2.05) is 12.1 Å². The molecule has 12 rings (SSSR count). The van der Waals surface area contributed by atoms with E-state index in [1.54, 1.807) is 0 Å². The van der Waals surface area contributed by atoms with Gasteiger partial charge in [0.1, 0.15) is 22.3 Å². The molecule has 0 atom stereocenters. The second-order valence-electron chi connectivity index (χ2n) is 16.5. The van der Waals surface area contributed by atoms with Crippen molar-refractivity contribution in [2.24, 2.45) is 0 Å². The lowest BCUT2D eigenvalue weighted by Gasteiger charge is -2.28. The molecular weight excluding hydrogens is 731 g/mol. The highest BCUT2D eigenvalue weighted by Gasteiger charge is 2.36. The summed E-state index contributed by atoms with van der Waals surface area (Å²) in [7, 11) is 0. The normalized spacial score (nSPS) is 13.0. The molecule has 1 aliphatic rings. The van der Waals surface area contributed by atoms with Crippen molar-refractivity contribution in [3.8, 4) is 44.5 Å². The summed E-state index contributed by atoms with van der Waals surface area (Å²) in [4.78, 5) is 2.41. The topological polar surface area (TPSA) is 29.5 Å². The maximum atomic E-state index is 6.68. The number of furan rings is 2. The van der Waals surface area contributed by atoms with Crippen molar-refractivity contribution < 1.29 is 8.83 Å². The molecule has 1 aliphatic carbocycles. The Bertz CT molecular complexity index is 3450. The van der Waals surface area contributed by atoms with Crippen molar-refractivity contribution >= 4 is 60.9 Å². The first-order valence-corrected chi connectivity index (χ1v) is 20.7. The van der Waals surface area contributed by atoms with Crippen LogP contribution in [0.25, 0.3) is 88.4 Å². The Balaban J connectivity index is 1.02. The fourth-order valence-electron chi connectivity index (χ4n) is 9.63. The van der Waals surface area contributed by atoms with Crippen LogP contribution >= 0.6 is 0 Å². The van der Waals surface area contributed by atoms with E-state index >= 15 is 0 Å². The average Bonchev–Trinajstić information content (AvgIpc) is 3.94. The minimum Gasteiger partial charge on any atom is -0.456 e. The van der Waals surface area contributed by atoms with Gasteiger partial charge in [-0.3, -0.25) is 0 Å². The van der Waals surface area contributed by atoms with Gasteiger partial charge in [0.05, 0.1) is 11.1 Å². The second-order valence-corrected chi connectivity index (χ2v) is 16.5. The van der Waals surface area contributed by atoms with E-state index in [4.69, 9.17) is 8.83 Å². The number of para-hydroxylation sites is 1. The van der Waals surface area contributed by atoms with Crippen molar-refractivity contribution in [1.29, 1.82) is 0 Å². The summed E-state index contributed by atoms with van der Waals surface area (Å²) in [5, 5.41) is 4.43. The molecule has 0 N–H and O–H groups in total. The zero-order chi connectivity index (χ0) is 40.0. The number of benzene rings is 9. The Morgan fingerprint density at radius 2 is 0.950 bits per heavy atom. The van der Waals surface area contributed by atoms with Gasteiger partial charge < -0.3 is 13.7 Å². The van der Waals surface area contributed by atoms with Gasteiger partial charge in [0.2, 0.25) is 0 Å². The van der Waals surface area contributed by atoms with Crippen LogP contribution in [0.3, 0.4) is 0 Å². The minimum atomic E-state index is -0.191. The number of rotatable bonds is 6. The monoisotopic (exact) mass is 769 g/mol. The molecule has 284 valence electrons. The summed E-state index contributed by atoms with van der Waals surface area (Å²) in [6.07, 6.45) is 0. The molecular formula is C57H39NO2. The van der Waals surface area contributed by atoms with Gasteiger partial charge in [0.15, 0.2) is 0 Å². The van der Waals surface area contributed by atoms with Gasteiger partial charge in [-0.2, -0.15) is 0 Å². The Labute approximate surface area is 348 Å². The van der Waals surface area contributed by atoms with Gasteiger partial charge in [0, 0.05) is 32.9 Å². The van der Waals surface area contributed by atoms with Gasteiger partial charge in [-0.05, 0) is 128 Å². The molecule has 2 aromatic heterocycles. The number of hydrogen-bond acceptors (Lipinski definition) is 3. The summed E-state index contributed by atoms with van der Waals surface area (Å²) in [5.41, 5.74) is 18.9. The lowest BCUT2D eigenvalue weighted by atomic mass is 9.82. The summed E-state index contributed by atoms with van der Waals surface area (Å²) in [5.74, 6) is 0. The first-order chi connectivity index (χ1) is 29.5. The van der Waals surface area contributed by atoms with Crippen LogP contribution in [0.1, 0.15) is 25.0 Å². The van der Waals surface area contributed by atoms with Gasteiger partial charge in [-0.1, -0.05) is 141 Å². The third-order valence-electron chi connectivity index (χ3n) is 12.7. The van der Waals surface area contributed by atoms with Crippen molar-refractivity contribution in [1.82, 2.24) is 0 Å². The van der Waals surface area contributed by atoms with E-state index in [2.05, 4.69) is 207 Å². The molecule has 0 unspecified atom stereocenters. The van der Waals surface area contributed by atoms with Gasteiger partial charge >= 0.3 is 0 Å². The SMILES string of the molecule is CC1(C)c2ccc(-c3ccccc3)cc2-c2ccc(N(c3ccc(-c4ccc5oc6ccccc6c5c4)cc3)c3cccc4oc5cc(-c6ccccc6)ccc5c34)cc21. The molecule has 0 radical (unpaired) electrons. The molecule has 0 saturated carbocycles. The molecule has 9 aromatic carbocycles. The molecule has 0 amide bonds. The van der Waals surface area contributed by atoms with E-state index < -0.39 is 0 Å². The molecule has 3 heteroatoms. The van der Waals surface area contributed by atoms with Crippen LogP contribution < -0.4 is 4.90 Å². The average molecular weight is 770 g/mol. The quantitative estimate of drug-likeness (QED) is 0.169. The molecule has 60 heavy (non-hydrogen) atoms. The summed E-state index contributed by atoms with van der Waals surface area (Å²) in [6.45, 7) is 4.72. The standard InChI is InChI=1S/C57H39NO2/c1-57(2)49-30-23-39(36-12-5-3-6-13-36)32-47(49)44-29-27-43(35-50(44)57)58(42-25-20-38(21-26-42)40-24-31-53-48(33-40)45-16-9-10-18-52(45)59-53)51-17-11-19-54-56(51)46-28-22-41(34-55(46)60-54)37-14-7-4-8-15-37/h3-35H,1-2H3. The zero-order valence-electron chi connectivity index (χ0n) is 33.3. The van der Waals surface area contributed by atoms with E-state index in [1.165, 1.54) is 38.9 Å². The van der Waals surface area contributed by atoms with Crippen molar-refractivity contribution in [2.45, 2.75) is 19.3 Å². The number of fused-ring (bicyclic) bond motifs is 9. The largest absolute Gasteiger partial charge is 0.456 e. The molecule has 0 saturated heterocycles. The molecule has 3 nitrogen and oxygen atoms in total. The van der Waals surface area contributed by atoms with E-state index in [0.29, 0.717) is 0 Å². The lowest BCUT2D eigenvalue weighted by Crippen LogP contribution is -2.16. The van der Waals surface area contributed by atoms with Crippen LogP contribution in [-0.2, 0) is 5.41 Å². The molecule has 11 aromatic rings. The van der Waals surface area contributed by atoms with Crippen molar-refractivity contribution in [3.05, 3.63) is 211 Å². The van der Waals surface area contributed by atoms with Crippen LogP contribution in [0.2, 0.25) is 0 Å². The minimum absolute atomic E-state index is 0.191. The van der Waals surface area contributed by atoms with Gasteiger partial charge in [0.25, 0.3) is 0 Å². The third-order valence-corrected chi connectivity index (χ3v) is 12.7. The number of anilines is 3. The van der Waals surface area contributed by atoms with Crippen LogP contribution in [0.5, 0.6) is 0 Å². The molecule has 0 bridgehead atoms. The maximum absolute atomic E-state index is 6.68. The zero-order valence-corrected chi connectivity index (χ0v) is 33.3. The van der Waals surface area contributed by atoms with Gasteiger partial charge in [-0.25, -0.2) is 0 Å².